The van der Waals surface area contributed by atoms with Crippen molar-refractivity contribution in [3.63, 3.8) is 0 Å². The summed E-state index contributed by atoms with van der Waals surface area (Å²) in [7, 11) is 0. The van der Waals surface area contributed by atoms with E-state index >= 15 is 0 Å². The van der Waals surface area contributed by atoms with Gasteiger partial charge in [-0.2, -0.15) is 0 Å². The van der Waals surface area contributed by atoms with Crippen LogP contribution in [0.5, 0.6) is 0 Å². The van der Waals surface area contributed by atoms with E-state index in [9.17, 15) is 4.79 Å². The number of ether oxygens (including phenoxy) is 1. The van der Waals surface area contributed by atoms with Crippen LogP contribution < -0.4 is 10.6 Å². The highest BCUT2D eigenvalue weighted by molar-refractivity contribution is 7.13. The van der Waals surface area contributed by atoms with Crippen molar-refractivity contribution in [2.24, 2.45) is 0 Å². The Balaban J connectivity index is 1.23. The van der Waals surface area contributed by atoms with Crippen molar-refractivity contribution >= 4 is 23.1 Å². The molecule has 1 fully saturated rings. The van der Waals surface area contributed by atoms with Crippen LogP contribution in [0.4, 0.5) is 10.5 Å². The van der Waals surface area contributed by atoms with Gasteiger partial charge in [-0.3, -0.25) is 4.90 Å². The Morgan fingerprint density at radius 3 is 2.73 bits per heavy atom. The van der Waals surface area contributed by atoms with E-state index in [0.717, 1.165) is 41.6 Å². The molecule has 0 aliphatic carbocycles. The average Bonchev–Trinajstić information content (AvgIpc) is 3.20. The molecule has 156 valence electrons. The maximum absolute atomic E-state index is 12.3. The zero-order chi connectivity index (χ0) is 20.8. The van der Waals surface area contributed by atoms with Crippen molar-refractivity contribution in [1.29, 1.82) is 0 Å². The first kappa shape index (κ1) is 20.5. The number of anilines is 1. The summed E-state index contributed by atoms with van der Waals surface area (Å²) in [5, 5.41) is 8.82. The Bertz CT molecular complexity index is 959. The van der Waals surface area contributed by atoms with Crippen molar-refractivity contribution < 1.29 is 9.53 Å². The maximum atomic E-state index is 12.3. The predicted molar refractivity (Wildman–Crippen MR) is 121 cm³/mol. The summed E-state index contributed by atoms with van der Waals surface area (Å²) in [6.07, 6.45) is -0.0104. The largest absolute Gasteiger partial charge is 0.374 e. The van der Waals surface area contributed by atoms with Crippen LogP contribution in [0.3, 0.4) is 0 Å². The second-order valence-corrected chi connectivity index (χ2v) is 8.28. The van der Waals surface area contributed by atoms with Crippen LogP contribution in [0.15, 0.2) is 60.0 Å². The van der Waals surface area contributed by atoms with Crippen LogP contribution in [-0.4, -0.2) is 48.3 Å². The molecule has 0 spiro atoms. The van der Waals surface area contributed by atoms with Gasteiger partial charge in [-0.05, 0) is 36.8 Å². The first-order valence-corrected chi connectivity index (χ1v) is 11.0. The van der Waals surface area contributed by atoms with Gasteiger partial charge in [-0.25, -0.2) is 9.78 Å². The minimum absolute atomic E-state index is 0.0104. The molecule has 2 amide bonds. The Morgan fingerprint density at radius 1 is 1.20 bits per heavy atom. The minimum atomic E-state index is -0.225. The summed E-state index contributed by atoms with van der Waals surface area (Å²) >= 11 is 1.62. The van der Waals surface area contributed by atoms with Crippen LogP contribution >= 0.6 is 11.3 Å². The predicted octanol–water partition coefficient (Wildman–Crippen LogP) is 4.14. The Hall–Kier alpha value is -2.74. The quantitative estimate of drug-likeness (QED) is 0.627. The molecular weight excluding hydrogens is 396 g/mol. The van der Waals surface area contributed by atoms with E-state index < -0.39 is 0 Å². The summed E-state index contributed by atoms with van der Waals surface area (Å²) in [5.41, 5.74) is 4.11. The fraction of sp³-hybridized carbons (Fsp3) is 0.304. The molecule has 1 aliphatic rings. The number of carbonyl (C=O) groups is 1. The SMILES string of the molecule is Cc1csc(-c2ccc(NC(=O)NCC3CN(Cc4ccccc4)CCO3)cc2)n1. The zero-order valence-electron chi connectivity index (χ0n) is 17.0. The number of morpholine rings is 1. The van der Waals surface area contributed by atoms with E-state index in [2.05, 4.69) is 44.8 Å². The van der Waals surface area contributed by atoms with Crippen molar-refractivity contribution in [3.05, 3.63) is 71.2 Å². The lowest BCUT2D eigenvalue weighted by Gasteiger charge is -2.33. The highest BCUT2D eigenvalue weighted by Crippen LogP contribution is 2.24. The van der Waals surface area contributed by atoms with E-state index in [1.54, 1.807) is 11.3 Å². The van der Waals surface area contributed by atoms with E-state index in [0.29, 0.717) is 13.2 Å². The Kier molecular flexibility index (Phi) is 6.74. The monoisotopic (exact) mass is 422 g/mol. The molecule has 1 unspecified atom stereocenters. The zero-order valence-corrected chi connectivity index (χ0v) is 17.8. The first-order chi connectivity index (χ1) is 14.7. The third-order valence-electron chi connectivity index (χ3n) is 4.97. The normalized spacial score (nSPS) is 16.9. The molecule has 3 aromatic rings. The smallest absolute Gasteiger partial charge is 0.319 e. The van der Waals surface area contributed by atoms with Gasteiger partial charge in [0.25, 0.3) is 0 Å². The number of carbonyl (C=O) groups excluding carboxylic acids is 1. The van der Waals surface area contributed by atoms with Gasteiger partial charge in [0.15, 0.2) is 0 Å². The fourth-order valence-corrected chi connectivity index (χ4v) is 4.26. The number of hydrogen-bond donors (Lipinski definition) is 2. The standard InChI is InChI=1S/C23H26N4O2S/c1-17-16-30-22(25-17)19-7-9-20(10-8-19)26-23(28)24-13-21-15-27(11-12-29-21)14-18-5-3-2-4-6-18/h2-10,16,21H,11-15H2,1H3,(H2,24,26,28). The molecule has 1 saturated heterocycles. The molecule has 2 aromatic carbocycles. The van der Waals surface area contributed by atoms with Gasteiger partial charge in [0, 0.05) is 48.5 Å². The lowest BCUT2D eigenvalue weighted by molar-refractivity contribution is -0.0285. The third kappa shape index (κ3) is 5.66. The number of thiazole rings is 1. The number of nitrogens with one attached hydrogen (secondary N) is 2. The van der Waals surface area contributed by atoms with Gasteiger partial charge in [-0.1, -0.05) is 30.3 Å². The lowest BCUT2D eigenvalue weighted by Crippen LogP contribution is -2.47. The molecule has 6 nitrogen and oxygen atoms in total. The molecule has 7 heteroatoms. The van der Waals surface area contributed by atoms with Gasteiger partial charge in [0.1, 0.15) is 5.01 Å². The number of hydrogen-bond acceptors (Lipinski definition) is 5. The van der Waals surface area contributed by atoms with Crippen molar-refractivity contribution in [2.75, 3.05) is 31.6 Å². The minimum Gasteiger partial charge on any atom is -0.374 e. The van der Waals surface area contributed by atoms with Crippen LogP contribution in [-0.2, 0) is 11.3 Å². The van der Waals surface area contributed by atoms with Gasteiger partial charge in [0.2, 0.25) is 0 Å². The number of urea groups is 1. The summed E-state index contributed by atoms with van der Waals surface area (Å²) in [6, 6.07) is 17.9. The molecule has 2 N–H and O–H groups in total. The Morgan fingerprint density at radius 2 is 2.00 bits per heavy atom. The van der Waals surface area contributed by atoms with E-state index in [-0.39, 0.29) is 12.1 Å². The van der Waals surface area contributed by atoms with Crippen molar-refractivity contribution in [1.82, 2.24) is 15.2 Å². The van der Waals surface area contributed by atoms with Gasteiger partial charge in [0.05, 0.1) is 12.7 Å². The number of aromatic nitrogens is 1. The highest BCUT2D eigenvalue weighted by atomic mass is 32.1. The van der Waals surface area contributed by atoms with Gasteiger partial charge >= 0.3 is 6.03 Å². The molecule has 0 bridgehead atoms. The van der Waals surface area contributed by atoms with E-state index in [1.165, 1.54) is 5.56 Å². The van der Waals surface area contributed by atoms with Crippen molar-refractivity contribution in [2.45, 2.75) is 19.6 Å². The van der Waals surface area contributed by atoms with E-state index in [4.69, 9.17) is 4.74 Å². The van der Waals surface area contributed by atoms with Crippen molar-refractivity contribution in [3.8, 4) is 10.6 Å². The number of nitrogens with zero attached hydrogens (tertiary/aromatic N) is 2. The summed E-state index contributed by atoms with van der Waals surface area (Å²) in [5.74, 6) is 0. The van der Waals surface area contributed by atoms with Crippen LogP contribution in [0, 0.1) is 6.92 Å². The fourth-order valence-electron chi connectivity index (χ4n) is 3.45. The summed E-state index contributed by atoms with van der Waals surface area (Å²) < 4.78 is 5.82. The molecule has 1 aromatic heterocycles. The topological polar surface area (TPSA) is 66.5 Å². The van der Waals surface area contributed by atoms with Crippen LogP contribution in [0.1, 0.15) is 11.3 Å². The molecular formula is C23H26N4O2S. The maximum Gasteiger partial charge on any atom is 0.319 e. The third-order valence-corrected chi connectivity index (χ3v) is 5.98. The highest BCUT2D eigenvalue weighted by Gasteiger charge is 2.21. The van der Waals surface area contributed by atoms with Gasteiger partial charge < -0.3 is 15.4 Å². The van der Waals surface area contributed by atoms with E-state index in [1.807, 2.05) is 42.6 Å². The molecule has 0 radical (unpaired) electrons. The molecule has 1 aliphatic heterocycles. The number of amides is 2. The second kappa shape index (κ2) is 9.84. The molecule has 4 rings (SSSR count). The summed E-state index contributed by atoms with van der Waals surface area (Å²) in [6.45, 7) is 5.75. The average molecular weight is 423 g/mol. The second-order valence-electron chi connectivity index (χ2n) is 7.42. The molecule has 0 saturated carbocycles. The molecule has 30 heavy (non-hydrogen) atoms. The summed E-state index contributed by atoms with van der Waals surface area (Å²) in [4.78, 5) is 19.1. The van der Waals surface area contributed by atoms with Crippen LogP contribution in [0.2, 0.25) is 0 Å². The Labute approximate surface area is 180 Å². The van der Waals surface area contributed by atoms with Gasteiger partial charge in [-0.15, -0.1) is 11.3 Å². The molecule has 2 heterocycles. The molecule has 1 atom stereocenters. The van der Waals surface area contributed by atoms with Crippen LogP contribution in [0.25, 0.3) is 10.6 Å². The number of aryl methyl sites for hydroxylation is 1. The number of rotatable bonds is 6. The lowest BCUT2D eigenvalue weighted by atomic mass is 10.2. The first-order valence-electron chi connectivity index (χ1n) is 10.1. The number of benzene rings is 2.